The molecule has 0 unspecified atom stereocenters. The number of aryl methyl sites for hydroxylation is 2. The first-order valence-electron chi connectivity index (χ1n) is 7.79. The number of hydrogen-bond acceptors (Lipinski definition) is 3. The van der Waals surface area contributed by atoms with E-state index in [2.05, 4.69) is 30.0 Å². The lowest BCUT2D eigenvalue weighted by Crippen LogP contribution is -2.36. The third kappa shape index (κ3) is 4.50. The van der Waals surface area contributed by atoms with Crippen LogP contribution in [0.1, 0.15) is 30.9 Å². The molecule has 1 aliphatic heterocycles. The molecule has 20 heavy (non-hydrogen) atoms. The van der Waals surface area contributed by atoms with Crippen LogP contribution in [0.4, 0.5) is 0 Å². The van der Waals surface area contributed by atoms with Gasteiger partial charge in [0.2, 0.25) is 0 Å². The zero-order valence-corrected chi connectivity index (χ0v) is 12.9. The maximum absolute atomic E-state index is 5.49. The Labute approximate surface area is 122 Å². The first-order valence-corrected chi connectivity index (χ1v) is 7.79. The number of nitrogens with zero attached hydrogens (tertiary/aromatic N) is 1. The number of hydrogen-bond donors (Lipinski definition) is 0. The molecule has 1 saturated heterocycles. The van der Waals surface area contributed by atoms with Crippen LogP contribution in [-0.2, 0) is 17.6 Å². The van der Waals surface area contributed by atoms with Gasteiger partial charge in [-0.25, -0.2) is 0 Å². The van der Waals surface area contributed by atoms with Gasteiger partial charge < -0.3 is 9.47 Å². The molecule has 1 fully saturated rings. The molecule has 0 saturated carbocycles. The van der Waals surface area contributed by atoms with Crippen molar-refractivity contribution in [3.05, 3.63) is 29.3 Å². The summed E-state index contributed by atoms with van der Waals surface area (Å²) in [6.45, 7) is 7.30. The smallest absolute Gasteiger partial charge is 0.122 e. The van der Waals surface area contributed by atoms with Gasteiger partial charge in [-0.2, -0.15) is 0 Å². The van der Waals surface area contributed by atoms with E-state index in [0.717, 1.165) is 51.4 Å². The highest BCUT2D eigenvalue weighted by atomic mass is 16.5. The molecule has 1 aliphatic rings. The molecular weight excluding hydrogens is 250 g/mol. The Morgan fingerprint density at radius 3 is 2.70 bits per heavy atom. The van der Waals surface area contributed by atoms with Crippen molar-refractivity contribution in [3.63, 3.8) is 0 Å². The quantitative estimate of drug-likeness (QED) is 0.765. The van der Waals surface area contributed by atoms with Crippen molar-refractivity contribution in [1.29, 1.82) is 0 Å². The Hall–Kier alpha value is -1.06. The van der Waals surface area contributed by atoms with Crippen molar-refractivity contribution >= 4 is 0 Å². The lowest BCUT2D eigenvalue weighted by Gasteiger charge is -2.26. The van der Waals surface area contributed by atoms with E-state index in [9.17, 15) is 0 Å². The van der Waals surface area contributed by atoms with Gasteiger partial charge >= 0.3 is 0 Å². The van der Waals surface area contributed by atoms with Crippen molar-refractivity contribution in [3.8, 4) is 5.75 Å². The molecular formula is C17H27NO2. The molecule has 0 amide bonds. The minimum atomic E-state index is 0.884. The highest BCUT2D eigenvalue weighted by Gasteiger charge is 2.10. The van der Waals surface area contributed by atoms with Gasteiger partial charge in [-0.1, -0.05) is 25.5 Å². The fourth-order valence-electron chi connectivity index (χ4n) is 2.79. The van der Waals surface area contributed by atoms with Crippen LogP contribution in [-0.4, -0.2) is 44.9 Å². The number of benzene rings is 1. The topological polar surface area (TPSA) is 21.7 Å². The third-order valence-electron chi connectivity index (χ3n) is 3.91. The standard InChI is InChI=1S/C17H27NO2/c1-3-5-15-7-8-17(19-2)16(14-15)6-4-9-18-10-12-20-13-11-18/h7-8,14H,3-6,9-13H2,1-2H3. The molecule has 0 radical (unpaired) electrons. The monoisotopic (exact) mass is 277 g/mol. The second kappa shape index (κ2) is 8.28. The van der Waals surface area contributed by atoms with E-state index in [1.807, 2.05) is 0 Å². The van der Waals surface area contributed by atoms with E-state index in [-0.39, 0.29) is 0 Å². The van der Waals surface area contributed by atoms with Crippen LogP contribution < -0.4 is 4.74 Å². The summed E-state index contributed by atoms with van der Waals surface area (Å²) >= 11 is 0. The van der Waals surface area contributed by atoms with Gasteiger partial charge in [0.15, 0.2) is 0 Å². The lowest BCUT2D eigenvalue weighted by atomic mass is 10.0. The zero-order chi connectivity index (χ0) is 14.2. The third-order valence-corrected chi connectivity index (χ3v) is 3.91. The number of morpholine rings is 1. The maximum atomic E-state index is 5.49. The van der Waals surface area contributed by atoms with Gasteiger partial charge in [0, 0.05) is 13.1 Å². The van der Waals surface area contributed by atoms with Crippen LogP contribution in [0.5, 0.6) is 5.75 Å². The minimum absolute atomic E-state index is 0.884. The molecule has 3 heteroatoms. The van der Waals surface area contributed by atoms with Crippen molar-refractivity contribution in [2.24, 2.45) is 0 Å². The van der Waals surface area contributed by atoms with Crippen LogP contribution in [0.3, 0.4) is 0 Å². The van der Waals surface area contributed by atoms with Crippen LogP contribution in [0.15, 0.2) is 18.2 Å². The van der Waals surface area contributed by atoms with E-state index in [1.165, 1.54) is 24.0 Å². The predicted octanol–water partition coefficient (Wildman–Crippen LogP) is 2.91. The molecule has 2 rings (SSSR count). The molecule has 1 aromatic rings. The fourth-order valence-corrected chi connectivity index (χ4v) is 2.79. The van der Waals surface area contributed by atoms with Crippen LogP contribution in [0, 0.1) is 0 Å². The SMILES string of the molecule is CCCc1ccc(OC)c(CCCN2CCOCC2)c1. The highest BCUT2D eigenvalue weighted by Crippen LogP contribution is 2.22. The molecule has 0 atom stereocenters. The minimum Gasteiger partial charge on any atom is -0.496 e. The summed E-state index contributed by atoms with van der Waals surface area (Å²) in [6, 6.07) is 6.63. The molecule has 0 N–H and O–H groups in total. The predicted molar refractivity (Wildman–Crippen MR) is 82.6 cm³/mol. The van der Waals surface area contributed by atoms with E-state index in [0.29, 0.717) is 0 Å². The summed E-state index contributed by atoms with van der Waals surface area (Å²) < 4.78 is 10.9. The Morgan fingerprint density at radius 2 is 2.00 bits per heavy atom. The molecule has 0 aromatic heterocycles. The lowest BCUT2D eigenvalue weighted by molar-refractivity contribution is 0.0374. The zero-order valence-electron chi connectivity index (χ0n) is 12.9. The Morgan fingerprint density at radius 1 is 1.20 bits per heavy atom. The largest absolute Gasteiger partial charge is 0.496 e. The maximum Gasteiger partial charge on any atom is 0.122 e. The summed E-state index contributed by atoms with van der Waals surface area (Å²) in [4.78, 5) is 2.49. The van der Waals surface area contributed by atoms with Crippen LogP contribution >= 0.6 is 0 Å². The van der Waals surface area contributed by atoms with E-state index in [4.69, 9.17) is 9.47 Å². The molecule has 0 spiro atoms. The normalized spacial score (nSPS) is 16.3. The van der Waals surface area contributed by atoms with Crippen LogP contribution in [0.2, 0.25) is 0 Å². The average molecular weight is 277 g/mol. The Kier molecular flexibility index (Phi) is 6.34. The van der Waals surface area contributed by atoms with Crippen molar-refractivity contribution in [2.45, 2.75) is 32.6 Å². The van der Waals surface area contributed by atoms with E-state index < -0.39 is 0 Å². The number of methoxy groups -OCH3 is 1. The molecule has 112 valence electrons. The second-order valence-electron chi connectivity index (χ2n) is 5.45. The van der Waals surface area contributed by atoms with Gasteiger partial charge in [-0.05, 0) is 43.0 Å². The Bertz CT molecular complexity index is 400. The number of ether oxygens (including phenoxy) is 2. The summed E-state index contributed by atoms with van der Waals surface area (Å²) in [5.74, 6) is 1.03. The van der Waals surface area contributed by atoms with Gasteiger partial charge in [-0.3, -0.25) is 4.90 Å². The first kappa shape index (κ1) is 15.3. The van der Waals surface area contributed by atoms with Gasteiger partial charge in [0.1, 0.15) is 5.75 Å². The molecule has 0 bridgehead atoms. The molecule has 3 nitrogen and oxygen atoms in total. The summed E-state index contributed by atoms with van der Waals surface area (Å²) in [7, 11) is 1.76. The highest BCUT2D eigenvalue weighted by molar-refractivity contribution is 5.37. The summed E-state index contributed by atoms with van der Waals surface area (Å²) in [5, 5.41) is 0. The van der Waals surface area contributed by atoms with Gasteiger partial charge in [0.25, 0.3) is 0 Å². The van der Waals surface area contributed by atoms with Gasteiger partial charge in [-0.15, -0.1) is 0 Å². The van der Waals surface area contributed by atoms with Crippen LogP contribution in [0.25, 0.3) is 0 Å². The Balaban J connectivity index is 1.87. The van der Waals surface area contributed by atoms with E-state index >= 15 is 0 Å². The van der Waals surface area contributed by atoms with Crippen molar-refractivity contribution in [1.82, 2.24) is 4.90 Å². The first-order chi connectivity index (χ1) is 9.83. The fraction of sp³-hybridized carbons (Fsp3) is 0.647. The second-order valence-corrected chi connectivity index (χ2v) is 5.45. The molecule has 1 aromatic carbocycles. The summed E-state index contributed by atoms with van der Waals surface area (Å²) in [5.41, 5.74) is 2.78. The average Bonchev–Trinajstić information content (AvgIpc) is 2.49. The number of rotatable bonds is 7. The van der Waals surface area contributed by atoms with Crippen molar-refractivity contribution in [2.75, 3.05) is 40.0 Å². The summed E-state index contributed by atoms with van der Waals surface area (Å²) in [6.07, 6.45) is 4.63. The molecule has 0 aliphatic carbocycles. The van der Waals surface area contributed by atoms with Crippen molar-refractivity contribution < 1.29 is 9.47 Å². The van der Waals surface area contributed by atoms with E-state index in [1.54, 1.807) is 7.11 Å². The van der Waals surface area contributed by atoms with Gasteiger partial charge in [0.05, 0.1) is 20.3 Å². The molecule has 1 heterocycles.